The minimum absolute atomic E-state index is 0.222. The summed E-state index contributed by atoms with van der Waals surface area (Å²) in [5.41, 5.74) is 5.94. The van der Waals surface area contributed by atoms with Crippen molar-refractivity contribution in [2.24, 2.45) is 0 Å². The molecular weight excluding hydrogens is 244 g/mol. The van der Waals surface area contributed by atoms with E-state index in [1.54, 1.807) is 17.4 Å². The molecule has 0 bridgehead atoms. The van der Waals surface area contributed by atoms with Crippen LogP contribution in [0.5, 0.6) is 5.75 Å². The molecule has 0 aliphatic carbocycles. The zero-order chi connectivity index (χ0) is 13.3. The van der Waals surface area contributed by atoms with Crippen LogP contribution in [0, 0.1) is 20.8 Å². The number of hydrogen-bond acceptors (Lipinski definition) is 4. The van der Waals surface area contributed by atoms with E-state index in [9.17, 15) is 5.11 Å². The second kappa shape index (κ2) is 4.98. The fourth-order valence-corrected chi connectivity index (χ4v) is 2.79. The Labute approximate surface area is 112 Å². The highest BCUT2D eigenvalue weighted by Crippen LogP contribution is 2.30. The zero-order valence-electron chi connectivity index (χ0n) is 11.1. The predicted molar refractivity (Wildman–Crippen MR) is 76.5 cm³/mol. The van der Waals surface area contributed by atoms with Crippen LogP contribution in [-0.4, -0.2) is 10.1 Å². The topological polar surface area (TPSA) is 45.2 Å². The maximum Gasteiger partial charge on any atom is 0.118 e. The molecule has 0 amide bonds. The van der Waals surface area contributed by atoms with Crippen molar-refractivity contribution in [1.29, 1.82) is 0 Å². The molecule has 0 aliphatic heterocycles. The summed E-state index contributed by atoms with van der Waals surface area (Å²) >= 11 is 1.67. The number of phenolic OH excluding ortho intramolecular Hbond substituents is 1. The van der Waals surface area contributed by atoms with Gasteiger partial charge in [0.25, 0.3) is 0 Å². The van der Waals surface area contributed by atoms with E-state index in [0.29, 0.717) is 5.75 Å². The number of aromatic nitrogens is 1. The monoisotopic (exact) mass is 262 g/mol. The van der Waals surface area contributed by atoms with Crippen LogP contribution in [0.2, 0.25) is 0 Å². The summed E-state index contributed by atoms with van der Waals surface area (Å²) in [6, 6.07) is 4.00. The number of aryl methyl sites for hydroxylation is 3. The number of phenols is 1. The second-order valence-electron chi connectivity index (χ2n) is 4.62. The molecule has 0 aliphatic rings. The van der Waals surface area contributed by atoms with E-state index in [1.165, 1.54) is 4.88 Å². The first kappa shape index (κ1) is 12.9. The van der Waals surface area contributed by atoms with E-state index in [2.05, 4.69) is 17.2 Å². The third-order valence-corrected chi connectivity index (χ3v) is 4.20. The van der Waals surface area contributed by atoms with Crippen molar-refractivity contribution in [2.45, 2.75) is 33.7 Å². The third kappa shape index (κ3) is 2.48. The van der Waals surface area contributed by atoms with Crippen molar-refractivity contribution < 1.29 is 5.11 Å². The molecule has 96 valence electrons. The van der Waals surface area contributed by atoms with Crippen LogP contribution in [0.1, 0.15) is 34.7 Å². The molecule has 1 heterocycles. The molecule has 1 atom stereocenters. The Bertz CT molecular complexity index is 563. The van der Waals surface area contributed by atoms with Crippen molar-refractivity contribution in [1.82, 2.24) is 4.98 Å². The Morgan fingerprint density at radius 2 is 1.94 bits per heavy atom. The second-order valence-corrected chi connectivity index (χ2v) is 5.51. The van der Waals surface area contributed by atoms with Gasteiger partial charge < -0.3 is 10.4 Å². The molecule has 1 aromatic heterocycles. The van der Waals surface area contributed by atoms with E-state index in [0.717, 1.165) is 22.5 Å². The SMILES string of the molecule is Cc1cc(NC(C)c2scnc2C)c(C)cc1O. The Morgan fingerprint density at radius 3 is 2.56 bits per heavy atom. The van der Waals surface area contributed by atoms with Gasteiger partial charge in [-0.05, 0) is 51.0 Å². The average molecular weight is 262 g/mol. The van der Waals surface area contributed by atoms with Crippen molar-refractivity contribution in [3.63, 3.8) is 0 Å². The highest BCUT2D eigenvalue weighted by atomic mass is 32.1. The maximum absolute atomic E-state index is 9.65. The fourth-order valence-electron chi connectivity index (χ4n) is 1.98. The van der Waals surface area contributed by atoms with Crippen molar-refractivity contribution in [3.05, 3.63) is 39.3 Å². The minimum Gasteiger partial charge on any atom is -0.508 e. The van der Waals surface area contributed by atoms with Gasteiger partial charge in [-0.1, -0.05) is 0 Å². The van der Waals surface area contributed by atoms with Gasteiger partial charge >= 0.3 is 0 Å². The smallest absolute Gasteiger partial charge is 0.118 e. The first-order valence-corrected chi connectivity index (χ1v) is 6.83. The van der Waals surface area contributed by atoms with E-state index in [1.807, 2.05) is 32.3 Å². The van der Waals surface area contributed by atoms with Crippen LogP contribution in [0.3, 0.4) is 0 Å². The first-order valence-electron chi connectivity index (χ1n) is 5.95. The van der Waals surface area contributed by atoms with Gasteiger partial charge in [-0.25, -0.2) is 4.98 Å². The molecular formula is C14H18N2OS. The van der Waals surface area contributed by atoms with Gasteiger partial charge in [0.15, 0.2) is 0 Å². The van der Waals surface area contributed by atoms with Gasteiger partial charge in [0.1, 0.15) is 5.75 Å². The summed E-state index contributed by atoms with van der Waals surface area (Å²) in [4.78, 5) is 5.52. The van der Waals surface area contributed by atoms with E-state index < -0.39 is 0 Å². The molecule has 18 heavy (non-hydrogen) atoms. The number of anilines is 1. The molecule has 1 unspecified atom stereocenters. The molecule has 0 saturated carbocycles. The summed E-state index contributed by atoms with van der Waals surface area (Å²) in [6.07, 6.45) is 0. The standard InChI is InChI=1S/C14H18N2OS/c1-8-6-13(17)9(2)5-12(8)16-11(4)14-10(3)15-7-18-14/h5-7,11,16-17H,1-4H3. The average Bonchev–Trinajstić information content (AvgIpc) is 2.72. The molecule has 2 rings (SSSR count). The fraction of sp³-hybridized carbons (Fsp3) is 0.357. The van der Waals surface area contributed by atoms with Gasteiger partial charge in [-0.15, -0.1) is 11.3 Å². The zero-order valence-corrected chi connectivity index (χ0v) is 11.9. The molecule has 3 nitrogen and oxygen atoms in total. The number of nitrogens with zero attached hydrogens (tertiary/aromatic N) is 1. The highest BCUT2D eigenvalue weighted by molar-refractivity contribution is 7.09. The van der Waals surface area contributed by atoms with Crippen LogP contribution >= 0.6 is 11.3 Å². The normalized spacial score (nSPS) is 12.4. The molecule has 0 fully saturated rings. The molecule has 0 saturated heterocycles. The summed E-state index contributed by atoms with van der Waals surface area (Å²) in [5, 5.41) is 13.1. The lowest BCUT2D eigenvalue weighted by atomic mass is 10.1. The summed E-state index contributed by atoms with van der Waals surface area (Å²) < 4.78 is 0. The number of hydrogen-bond donors (Lipinski definition) is 2. The number of benzene rings is 1. The predicted octanol–water partition coefficient (Wildman–Crippen LogP) is 3.95. The van der Waals surface area contributed by atoms with Crippen LogP contribution in [-0.2, 0) is 0 Å². The molecule has 1 aromatic carbocycles. The van der Waals surface area contributed by atoms with E-state index >= 15 is 0 Å². The lowest BCUT2D eigenvalue weighted by Crippen LogP contribution is -2.07. The van der Waals surface area contributed by atoms with E-state index in [4.69, 9.17) is 0 Å². The quantitative estimate of drug-likeness (QED) is 0.823. The van der Waals surface area contributed by atoms with E-state index in [-0.39, 0.29) is 6.04 Å². The summed E-state index contributed by atoms with van der Waals surface area (Å²) in [7, 11) is 0. The molecule has 4 heteroatoms. The van der Waals surface area contributed by atoms with Crippen LogP contribution < -0.4 is 5.32 Å². The molecule has 0 radical (unpaired) electrons. The Morgan fingerprint density at radius 1 is 1.22 bits per heavy atom. The van der Waals surface area contributed by atoms with Crippen molar-refractivity contribution >= 4 is 17.0 Å². The van der Waals surface area contributed by atoms with Crippen LogP contribution in [0.25, 0.3) is 0 Å². The van der Waals surface area contributed by atoms with Crippen molar-refractivity contribution in [2.75, 3.05) is 5.32 Å². The molecule has 2 N–H and O–H groups in total. The molecule has 2 aromatic rings. The highest BCUT2D eigenvalue weighted by Gasteiger charge is 2.12. The van der Waals surface area contributed by atoms with Gasteiger partial charge in [0.2, 0.25) is 0 Å². The lowest BCUT2D eigenvalue weighted by molar-refractivity contribution is 0.470. The van der Waals surface area contributed by atoms with Gasteiger partial charge in [0.05, 0.1) is 17.2 Å². The number of nitrogens with one attached hydrogen (secondary N) is 1. The number of thiazole rings is 1. The maximum atomic E-state index is 9.65. The molecule has 0 spiro atoms. The number of aromatic hydroxyl groups is 1. The summed E-state index contributed by atoms with van der Waals surface area (Å²) in [6.45, 7) is 8.05. The largest absolute Gasteiger partial charge is 0.508 e. The first-order chi connectivity index (χ1) is 8.49. The Hall–Kier alpha value is -1.55. The van der Waals surface area contributed by atoms with Gasteiger partial charge in [-0.2, -0.15) is 0 Å². The Kier molecular flexibility index (Phi) is 3.57. The van der Waals surface area contributed by atoms with Crippen LogP contribution in [0.4, 0.5) is 5.69 Å². The summed E-state index contributed by atoms with van der Waals surface area (Å²) in [5.74, 6) is 0.347. The van der Waals surface area contributed by atoms with Gasteiger partial charge in [-0.3, -0.25) is 0 Å². The Balaban J connectivity index is 2.24. The number of rotatable bonds is 3. The van der Waals surface area contributed by atoms with Gasteiger partial charge in [0, 0.05) is 10.6 Å². The minimum atomic E-state index is 0.222. The van der Waals surface area contributed by atoms with Crippen molar-refractivity contribution in [3.8, 4) is 5.75 Å². The lowest BCUT2D eigenvalue weighted by Gasteiger charge is -2.17. The third-order valence-electron chi connectivity index (χ3n) is 3.09. The van der Waals surface area contributed by atoms with Crippen LogP contribution in [0.15, 0.2) is 17.6 Å².